The summed E-state index contributed by atoms with van der Waals surface area (Å²) in [6, 6.07) is 5.72. The first kappa shape index (κ1) is 8.78. The smallest absolute Gasteiger partial charge is 0.0860 e. The number of pyridine rings is 1. The lowest BCUT2D eigenvalue weighted by Gasteiger charge is -2.03. The minimum absolute atomic E-state index is 0.507. The van der Waals surface area contributed by atoms with Crippen LogP contribution >= 0.6 is 27.5 Å². The molecule has 1 aromatic heterocycles. The Balaban J connectivity index is 2.94. The van der Waals surface area contributed by atoms with Crippen LogP contribution in [-0.2, 0) is 0 Å². The number of benzene rings is 1. The Kier molecular flexibility index (Phi) is 2.14. The standard InChI is InChI=1S/C9H6BrClN2/c10-6-3-1-2-5-8(11)7(12)4-13-9(5)6/h1-4H,12H2. The van der Waals surface area contributed by atoms with E-state index in [9.17, 15) is 0 Å². The van der Waals surface area contributed by atoms with E-state index in [2.05, 4.69) is 20.9 Å². The van der Waals surface area contributed by atoms with Crippen LogP contribution in [0.2, 0.25) is 5.02 Å². The highest BCUT2D eigenvalue weighted by molar-refractivity contribution is 9.10. The topological polar surface area (TPSA) is 38.9 Å². The number of para-hydroxylation sites is 1. The molecule has 0 bridgehead atoms. The summed E-state index contributed by atoms with van der Waals surface area (Å²) in [6.45, 7) is 0. The number of nitrogens with two attached hydrogens (primary N) is 1. The molecule has 1 heterocycles. The number of aromatic nitrogens is 1. The highest BCUT2D eigenvalue weighted by Crippen LogP contribution is 2.30. The van der Waals surface area contributed by atoms with Crippen LogP contribution in [0.25, 0.3) is 10.9 Å². The molecule has 13 heavy (non-hydrogen) atoms. The third-order valence-corrected chi connectivity index (χ3v) is 2.87. The van der Waals surface area contributed by atoms with Gasteiger partial charge in [0.15, 0.2) is 0 Å². The molecule has 4 heteroatoms. The van der Waals surface area contributed by atoms with E-state index < -0.39 is 0 Å². The van der Waals surface area contributed by atoms with Gasteiger partial charge in [-0.1, -0.05) is 23.7 Å². The summed E-state index contributed by atoms with van der Waals surface area (Å²) < 4.78 is 0.923. The van der Waals surface area contributed by atoms with Gasteiger partial charge in [0.25, 0.3) is 0 Å². The van der Waals surface area contributed by atoms with Crippen LogP contribution in [0.15, 0.2) is 28.9 Å². The van der Waals surface area contributed by atoms with Crippen LogP contribution < -0.4 is 5.73 Å². The van der Waals surface area contributed by atoms with Gasteiger partial charge in [0.1, 0.15) is 0 Å². The molecule has 2 aromatic rings. The van der Waals surface area contributed by atoms with Crippen LogP contribution in [0, 0.1) is 0 Å². The summed E-state index contributed by atoms with van der Waals surface area (Å²) in [5.41, 5.74) is 6.97. The van der Waals surface area contributed by atoms with Crippen LogP contribution in [0.5, 0.6) is 0 Å². The zero-order valence-corrected chi connectivity index (χ0v) is 8.93. The van der Waals surface area contributed by atoms with E-state index in [1.54, 1.807) is 6.20 Å². The normalized spacial score (nSPS) is 10.6. The molecule has 0 unspecified atom stereocenters. The van der Waals surface area contributed by atoms with E-state index in [-0.39, 0.29) is 0 Å². The maximum absolute atomic E-state index is 6.01. The predicted octanol–water partition coefficient (Wildman–Crippen LogP) is 3.23. The van der Waals surface area contributed by atoms with Gasteiger partial charge in [-0.05, 0) is 22.0 Å². The van der Waals surface area contributed by atoms with Gasteiger partial charge in [0, 0.05) is 9.86 Å². The molecule has 0 radical (unpaired) electrons. The predicted molar refractivity (Wildman–Crippen MR) is 58.9 cm³/mol. The van der Waals surface area contributed by atoms with Crippen molar-refractivity contribution in [2.45, 2.75) is 0 Å². The molecule has 0 saturated carbocycles. The molecule has 0 atom stereocenters. The highest BCUT2D eigenvalue weighted by atomic mass is 79.9. The van der Waals surface area contributed by atoms with E-state index in [4.69, 9.17) is 17.3 Å². The molecule has 66 valence electrons. The number of rotatable bonds is 0. The first-order chi connectivity index (χ1) is 6.20. The van der Waals surface area contributed by atoms with E-state index >= 15 is 0 Å². The fraction of sp³-hybridized carbons (Fsp3) is 0. The molecule has 0 saturated heterocycles. The van der Waals surface area contributed by atoms with Gasteiger partial charge >= 0.3 is 0 Å². The van der Waals surface area contributed by atoms with Gasteiger partial charge in [0.05, 0.1) is 22.4 Å². The average Bonchev–Trinajstić information content (AvgIpc) is 2.12. The van der Waals surface area contributed by atoms with Crippen LogP contribution in [0.4, 0.5) is 5.69 Å². The van der Waals surface area contributed by atoms with Gasteiger partial charge in [0.2, 0.25) is 0 Å². The molecule has 1 aromatic carbocycles. The molecule has 0 fully saturated rings. The summed E-state index contributed by atoms with van der Waals surface area (Å²) in [4.78, 5) is 4.18. The van der Waals surface area contributed by atoms with Crippen molar-refractivity contribution in [2.75, 3.05) is 5.73 Å². The lowest BCUT2D eigenvalue weighted by molar-refractivity contribution is 1.40. The maximum Gasteiger partial charge on any atom is 0.0860 e. The van der Waals surface area contributed by atoms with Gasteiger partial charge < -0.3 is 5.73 Å². The van der Waals surface area contributed by atoms with Crippen molar-refractivity contribution in [2.24, 2.45) is 0 Å². The number of halogens is 2. The minimum atomic E-state index is 0.507. The quantitative estimate of drug-likeness (QED) is 0.787. The second kappa shape index (κ2) is 3.16. The Morgan fingerprint density at radius 2 is 2.15 bits per heavy atom. The molecule has 0 spiro atoms. The van der Waals surface area contributed by atoms with E-state index in [1.807, 2.05) is 18.2 Å². The van der Waals surface area contributed by atoms with Crippen molar-refractivity contribution in [1.82, 2.24) is 4.98 Å². The largest absolute Gasteiger partial charge is 0.396 e. The first-order valence-electron chi connectivity index (χ1n) is 3.68. The third kappa shape index (κ3) is 1.38. The van der Waals surface area contributed by atoms with Gasteiger partial charge in [-0.2, -0.15) is 0 Å². The molecular formula is C9H6BrClN2. The Morgan fingerprint density at radius 1 is 1.38 bits per heavy atom. The zero-order chi connectivity index (χ0) is 9.42. The van der Waals surface area contributed by atoms with Crippen molar-refractivity contribution < 1.29 is 0 Å². The molecule has 0 aliphatic carbocycles. The van der Waals surface area contributed by atoms with E-state index in [0.717, 1.165) is 15.4 Å². The fourth-order valence-electron chi connectivity index (χ4n) is 1.17. The summed E-state index contributed by atoms with van der Waals surface area (Å²) in [5.74, 6) is 0. The number of hydrogen-bond acceptors (Lipinski definition) is 2. The fourth-order valence-corrected chi connectivity index (χ4v) is 1.84. The number of nitrogen functional groups attached to an aromatic ring is 1. The van der Waals surface area contributed by atoms with Crippen molar-refractivity contribution in [3.63, 3.8) is 0 Å². The highest BCUT2D eigenvalue weighted by Gasteiger charge is 2.05. The molecule has 2 N–H and O–H groups in total. The lowest BCUT2D eigenvalue weighted by Crippen LogP contribution is -1.89. The van der Waals surface area contributed by atoms with Crippen molar-refractivity contribution in [3.05, 3.63) is 33.9 Å². The lowest BCUT2D eigenvalue weighted by atomic mass is 10.2. The van der Waals surface area contributed by atoms with Crippen molar-refractivity contribution in [1.29, 1.82) is 0 Å². The number of nitrogens with zero attached hydrogens (tertiary/aromatic N) is 1. The minimum Gasteiger partial charge on any atom is -0.396 e. The van der Waals surface area contributed by atoms with E-state index in [0.29, 0.717) is 10.7 Å². The molecule has 2 rings (SSSR count). The summed E-state index contributed by atoms with van der Waals surface area (Å²) >= 11 is 9.41. The Bertz CT molecular complexity index is 470. The molecular weight excluding hydrogens is 251 g/mol. The maximum atomic E-state index is 6.01. The van der Waals surface area contributed by atoms with Crippen LogP contribution in [0.1, 0.15) is 0 Å². The van der Waals surface area contributed by atoms with E-state index in [1.165, 1.54) is 0 Å². The van der Waals surface area contributed by atoms with Crippen molar-refractivity contribution in [3.8, 4) is 0 Å². The van der Waals surface area contributed by atoms with Crippen LogP contribution in [0.3, 0.4) is 0 Å². The Morgan fingerprint density at radius 3 is 2.92 bits per heavy atom. The molecule has 0 amide bonds. The molecule has 0 aliphatic heterocycles. The first-order valence-corrected chi connectivity index (χ1v) is 4.85. The van der Waals surface area contributed by atoms with Gasteiger partial charge in [-0.15, -0.1) is 0 Å². The number of anilines is 1. The monoisotopic (exact) mass is 256 g/mol. The summed E-state index contributed by atoms with van der Waals surface area (Å²) in [7, 11) is 0. The third-order valence-electron chi connectivity index (χ3n) is 1.81. The summed E-state index contributed by atoms with van der Waals surface area (Å²) in [5, 5.41) is 1.43. The van der Waals surface area contributed by atoms with Crippen LogP contribution in [-0.4, -0.2) is 4.98 Å². The Labute approximate surface area is 88.8 Å². The SMILES string of the molecule is Nc1cnc2c(Br)cccc2c1Cl. The average molecular weight is 258 g/mol. The molecule has 0 aliphatic rings. The second-order valence-electron chi connectivity index (χ2n) is 2.66. The number of hydrogen-bond donors (Lipinski definition) is 1. The van der Waals surface area contributed by atoms with Gasteiger partial charge in [-0.3, -0.25) is 4.98 Å². The second-order valence-corrected chi connectivity index (χ2v) is 3.90. The van der Waals surface area contributed by atoms with Gasteiger partial charge in [-0.25, -0.2) is 0 Å². The molecule has 2 nitrogen and oxygen atoms in total. The zero-order valence-electron chi connectivity index (χ0n) is 6.59. The number of fused-ring (bicyclic) bond motifs is 1. The van der Waals surface area contributed by atoms with Crippen molar-refractivity contribution >= 4 is 44.1 Å². The summed E-state index contributed by atoms with van der Waals surface area (Å²) in [6.07, 6.45) is 1.56. The Hall–Kier alpha value is -0.800.